The van der Waals surface area contributed by atoms with Gasteiger partial charge in [0, 0.05) is 32.4 Å². The molecule has 0 fully saturated rings. The molecule has 86 valence electrons. The molecule has 0 radical (unpaired) electrons. The molecular formula is C11H16N4S. The molecule has 0 aliphatic carbocycles. The van der Waals surface area contributed by atoms with E-state index in [2.05, 4.69) is 27.1 Å². The molecule has 2 aromatic rings. The van der Waals surface area contributed by atoms with Gasteiger partial charge in [-0.05, 0) is 22.4 Å². The largest absolute Gasteiger partial charge is 0.336 e. The summed E-state index contributed by atoms with van der Waals surface area (Å²) in [4.78, 5) is 4.30. The lowest BCUT2D eigenvalue weighted by Gasteiger charge is -2.00. The van der Waals surface area contributed by atoms with E-state index in [1.807, 2.05) is 17.1 Å². The van der Waals surface area contributed by atoms with Crippen LogP contribution < -0.4 is 11.1 Å². The van der Waals surface area contributed by atoms with Crippen molar-refractivity contribution in [2.24, 2.45) is 5.73 Å². The predicted molar refractivity (Wildman–Crippen MR) is 66.1 cm³/mol. The Labute approximate surface area is 99.1 Å². The molecule has 3 N–H and O–H groups in total. The second-order valence-electron chi connectivity index (χ2n) is 3.63. The van der Waals surface area contributed by atoms with Crippen LogP contribution in [-0.4, -0.2) is 16.1 Å². The van der Waals surface area contributed by atoms with Gasteiger partial charge in [0.25, 0.3) is 0 Å². The smallest absolute Gasteiger partial charge is 0.0950 e. The van der Waals surface area contributed by atoms with Crippen LogP contribution in [-0.2, 0) is 19.6 Å². The first kappa shape index (κ1) is 11.3. The number of hydrogen-bond acceptors (Lipinski definition) is 4. The number of nitrogens with zero attached hydrogens (tertiary/aromatic N) is 2. The van der Waals surface area contributed by atoms with Gasteiger partial charge < -0.3 is 15.6 Å². The first-order valence-electron chi connectivity index (χ1n) is 5.31. The summed E-state index contributed by atoms with van der Waals surface area (Å²) in [6.07, 6.45) is 3.86. The van der Waals surface area contributed by atoms with Crippen LogP contribution in [0.25, 0.3) is 0 Å². The van der Waals surface area contributed by atoms with E-state index in [1.165, 1.54) is 5.56 Å². The van der Waals surface area contributed by atoms with Gasteiger partial charge in [-0.1, -0.05) is 0 Å². The standard InChI is InChI=1S/C11H16N4S/c12-2-3-15-7-11(14-9-15)6-13-5-10-1-4-16-8-10/h1,4,7-9,13H,2-3,5-6,12H2. The van der Waals surface area contributed by atoms with E-state index in [0.29, 0.717) is 6.54 Å². The Hall–Kier alpha value is -1.17. The summed E-state index contributed by atoms with van der Waals surface area (Å²) in [5.41, 5.74) is 7.86. The Morgan fingerprint density at radius 3 is 3.12 bits per heavy atom. The van der Waals surface area contributed by atoms with Crippen molar-refractivity contribution in [3.63, 3.8) is 0 Å². The summed E-state index contributed by atoms with van der Waals surface area (Å²) in [5.74, 6) is 0. The molecule has 2 rings (SSSR count). The molecule has 4 nitrogen and oxygen atoms in total. The molecule has 0 atom stereocenters. The van der Waals surface area contributed by atoms with Crippen LogP contribution in [0.2, 0.25) is 0 Å². The second-order valence-corrected chi connectivity index (χ2v) is 4.41. The Morgan fingerprint density at radius 1 is 1.44 bits per heavy atom. The van der Waals surface area contributed by atoms with E-state index >= 15 is 0 Å². The van der Waals surface area contributed by atoms with E-state index in [4.69, 9.17) is 5.73 Å². The van der Waals surface area contributed by atoms with Gasteiger partial charge in [0.2, 0.25) is 0 Å². The van der Waals surface area contributed by atoms with Gasteiger partial charge in [0.1, 0.15) is 0 Å². The Bertz CT molecular complexity index is 407. The number of aromatic nitrogens is 2. The Morgan fingerprint density at radius 2 is 2.38 bits per heavy atom. The summed E-state index contributed by atoms with van der Waals surface area (Å²) < 4.78 is 2.02. The molecule has 0 saturated carbocycles. The highest BCUT2D eigenvalue weighted by atomic mass is 32.1. The van der Waals surface area contributed by atoms with E-state index in [-0.39, 0.29) is 0 Å². The van der Waals surface area contributed by atoms with E-state index in [9.17, 15) is 0 Å². The molecule has 0 amide bonds. The van der Waals surface area contributed by atoms with E-state index < -0.39 is 0 Å². The Balaban J connectivity index is 1.76. The maximum atomic E-state index is 5.47. The van der Waals surface area contributed by atoms with Crippen molar-refractivity contribution in [2.45, 2.75) is 19.6 Å². The van der Waals surface area contributed by atoms with Crippen molar-refractivity contribution in [2.75, 3.05) is 6.54 Å². The van der Waals surface area contributed by atoms with Gasteiger partial charge in [0.15, 0.2) is 0 Å². The zero-order valence-corrected chi connectivity index (χ0v) is 9.91. The molecule has 0 bridgehead atoms. The molecule has 0 aliphatic rings. The second kappa shape index (κ2) is 5.79. The van der Waals surface area contributed by atoms with Crippen LogP contribution in [0.15, 0.2) is 29.4 Å². The number of imidazole rings is 1. The zero-order chi connectivity index (χ0) is 11.2. The Kier molecular flexibility index (Phi) is 4.10. The molecular weight excluding hydrogens is 220 g/mol. The van der Waals surface area contributed by atoms with E-state index in [1.54, 1.807) is 11.3 Å². The highest BCUT2D eigenvalue weighted by Crippen LogP contribution is 2.05. The maximum absolute atomic E-state index is 5.47. The molecule has 16 heavy (non-hydrogen) atoms. The highest BCUT2D eigenvalue weighted by Gasteiger charge is 1.98. The van der Waals surface area contributed by atoms with Gasteiger partial charge in [-0.2, -0.15) is 11.3 Å². The fourth-order valence-electron chi connectivity index (χ4n) is 1.50. The van der Waals surface area contributed by atoms with Crippen molar-refractivity contribution in [3.05, 3.63) is 40.6 Å². The van der Waals surface area contributed by atoms with Crippen LogP contribution >= 0.6 is 11.3 Å². The monoisotopic (exact) mass is 236 g/mol. The van der Waals surface area contributed by atoms with Crippen molar-refractivity contribution in [1.29, 1.82) is 0 Å². The molecule has 0 spiro atoms. The number of nitrogens with one attached hydrogen (secondary N) is 1. The van der Waals surface area contributed by atoms with Crippen molar-refractivity contribution < 1.29 is 0 Å². The minimum absolute atomic E-state index is 0.651. The van der Waals surface area contributed by atoms with Gasteiger partial charge in [0.05, 0.1) is 12.0 Å². The van der Waals surface area contributed by atoms with Crippen molar-refractivity contribution in [3.8, 4) is 0 Å². The third kappa shape index (κ3) is 3.16. The number of nitrogens with two attached hydrogens (primary N) is 1. The number of rotatable bonds is 6. The van der Waals surface area contributed by atoms with E-state index in [0.717, 1.165) is 25.3 Å². The average molecular weight is 236 g/mol. The van der Waals surface area contributed by atoms with Crippen LogP contribution in [0.1, 0.15) is 11.3 Å². The summed E-state index contributed by atoms with van der Waals surface area (Å²) >= 11 is 1.72. The quantitative estimate of drug-likeness (QED) is 0.792. The summed E-state index contributed by atoms with van der Waals surface area (Å²) in [6, 6.07) is 2.13. The lowest BCUT2D eigenvalue weighted by atomic mass is 10.3. The van der Waals surface area contributed by atoms with Crippen molar-refractivity contribution >= 4 is 11.3 Å². The molecule has 0 aromatic carbocycles. The lowest BCUT2D eigenvalue weighted by molar-refractivity contribution is 0.678. The molecule has 0 unspecified atom stereocenters. The minimum atomic E-state index is 0.651. The van der Waals surface area contributed by atoms with Gasteiger partial charge in [-0.3, -0.25) is 0 Å². The van der Waals surface area contributed by atoms with Gasteiger partial charge >= 0.3 is 0 Å². The van der Waals surface area contributed by atoms with Gasteiger partial charge in [-0.25, -0.2) is 4.98 Å². The molecule has 2 aromatic heterocycles. The summed E-state index contributed by atoms with van der Waals surface area (Å²) in [7, 11) is 0. The normalized spacial score (nSPS) is 10.8. The van der Waals surface area contributed by atoms with Crippen LogP contribution in [0, 0.1) is 0 Å². The van der Waals surface area contributed by atoms with Crippen LogP contribution in [0.5, 0.6) is 0 Å². The third-order valence-corrected chi connectivity index (χ3v) is 3.02. The van der Waals surface area contributed by atoms with Crippen molar-refractivity contribution in [1.82, 2.24) is 14.9 Å². The molecule has 5 heteroatoms. The van der Waals surface area contributed by atoms with Crippen LogP contribution in [0.4, 0.5) is 0 Å². The topological polar surface area (TPSA) is 55.9 Å². The molecule has 2 heterocycles. The first-order valence-corrected chi connectivity index (χ1v) is 6.25. The summed E-state index contributed by atoms with van der Waals surface area (Å²) in [6.45, 7) is 3.18. The third-order valence-electron chi connectivity index (χ3n) is 2.29. The maximum Gasteiger partial charge on any atom is 0.0950 e. The summed E-state index contributed by atoms with van der Waals surface area (Å²) in [5, 5.41) is 7.60. The average Bonchev–Trinajstić information content (AvgIpc) is 2.90. The molecule has 0 saturated heterocycles. The minimum Gasteiger partial charge on any atom is -0.336 e. The SMILES string of the molecule is NCCn1cnc(CNCc2ccsc2)c1. The first-order chi connectivity index (χ1) is 7.88. The fraction of sp³-hybridized carbons (Fsp3) is 0.364. The highest BCUT2D eigenvalue weighted by molar-refractivity contribution is 7.07. The predicted octanol–water partition coefficient (Wildman–Crippen LogP) is 1.19. The lowest BCUT2D eigenvalue weighted by Crippen LogP contribution is -2.12. The molecule has 0 aliphatic heterocycles. The fourth-order valence-corrected chi connectivity index (χ4v) is 2.17. The number of hydrogen-bond donors (Lipinski definition) is 2. The number of thiophene rings is 1. The van der Waals surface area contributed by atoms with Gasteiger partial charge in [-0.15, -0.1) is 0 Å². The van der Waals surface area contributed by atoms with Crippen LogP contribution in [0.3, 0.4) is 0 Å². The zero-order valence-electron chi connectivity index (χ0n) is 9.10.